The molecule has 10 heteroatoms. The number of hydrogen-bond donors (Lipinski definition) is 3. The molecule has 0 aliphatic carbocycles. The van der Waals surface area contributed by atoms with E-state index in [1.165, 1.54) is 0 Å². The predicted octanol–water partition coefficient (Wildman–Crippen LogP) is 5.05. The summed E-state index contributed by atoms with van der Waals surface area (Å²) in [6.07, 6.45) is 2.90. The third-order valence-corrected chi connectivity index (χ3v) is 7.70. The van der Waals surface area contributed by atoms with Crippen LogP contribution in [0.3, 0.4) is 0 Å². The van der Waals surface area contributed by atoms with Gasteiger partial charge in [0.1, 0.15) is 5.75 Å². The highest BCUT2D eigenvalue weighted by Gasteiger charge is 2.42. The highest BCUT2D eigenvalue weighted by atomic mass is 32.2. The highest BCUT2D eigenvalue weighted by molar-refractivity contribution is 7.92. The molecule has 0 radical (unpaired) electrons. The van der Waals surface area contributed by atoms with Crippen molar-refractivity contribution in [2.24, 2.45) is 0 Å². The minimum atomic E-state index is -3.41. The van der Waals surface area contributed by atoms with Crippen LogP contribution in [0.4, 0.5) is 11.4 Å². The van der Waals surface area contributed by atoms with Crippen molar-refractivity contribution in [1.29, 1.82) is 0 Å². The molecule has 0 bridgehead atoms. The molecule has 1 aliphatic heterocycles. The Labute approximate surface area is 228 Å². The molecular weight excluding hydrogens is 518 g/mol. The Bertz CT molecular complexity index is 1630. The lowest BCUT2D eigenvalue weighted by Gasteiger charge is -2.29. The molecule has 0 unspecified atom stereocenters. The first-order chi connectivity index (χ1) is 18.0. The predicted molar refractivity (Wildman–Crippen MR) is 154 cm³/mol. The zero-order chi connectivity index (χ0) is 27.2. The highest BCUT2D eigenvalue weighted by Crippen LogP contribution is 2.44. The third-order valence-electron chi connectivity index (χ3n) is 6.79. The van der Waals surface area contributed by atoms with E-state index in [0.29, 0.717) is 16.5 Å². The number of sulfonamides is 1. The van der Waals surface area contributed by atoms with Gasteiger partial charge in [-0.15, -0.1) is 0 Å². The summed E-state index contributed by atoms with van der Waals surface area (Å²) < 4.78 is 28.2. The van der Waals surface area contributed by atoms with E-state index in [0.717, 1.165) is 40.2 Å². The van der Waals surface area contributed by atoms with Crippen molar-refractivity contribution in [3.05, 3.63) is 101 Å². The molecule has 3 N–H and O–H groups in total. The maximum absolute atomic E-state index is 11.8. The average molecular weight is 548 g/mol. The monoisotopic (exact) mass is 547 g/mol. The summed E-state index contributed by atoms with van der Waals surface area (Å²) in [7, 11) is -3.41. The van der Waals surface area contributed by atoms with Crippen LogP contribution in [0.1, 0.15) is 40.3 Å². The number of aromatic hydroxyl groups is 1. The summed E-state index contributed by atoms with van der Waals surface area (Å²) in [4.78, 5) is 6.69. The Hall–Kier alpha value is -3.89. The molecule has 8 nitrogen and oxygen atoms in total. The number of thiocarbonyl (C=S) groups is 1. The maximum Gasteiger partial charge on any atom is 0.229 e. The summed E-state index contributed by atoms with van der Waals surface area (Å²) in [6, 6.07) is 20.3. The Morgan fingerprint density at radius 1 is 1.03 bits per heavy atom. The second-order valence-electron chi connectivity index (χ2n) is 9.52. The number of aryl methyl sites for hydroxylation is 2. The van der Waals surface area contributed by atoms with E-state index < -0.39 is 10.0 Å². The maximum atomic E-state index is 11.8. The summed E-state index contributed by atoms with van der Waals surface area (Å²) in [5.41, 5.74) is 6.65. The SMILES string of the molecule is Cc1cc(N2C(=S)N[C@H](c3ccccn3)[C@H]2c2cc(C)n(-c3ccccc3O)c2C)ccc1NS(C)(=O)=O. The molecule has 2 aromatic carbocycles. The number of para-hydroxylation sites is 2. The van der Waals surface area contributed by atoms with E-state index in [4.69, 9.17) is 12.2 Å². The van der Waals surface area contributed by atoms with Crippen LogP contribution in [-0.4, -0.2) is 34.4 Å². The molecule has 1 saturated heterocycles. The standard InChI is InChI=1S/C28H29N5O3S2/c1-17-15-20(12-13-22(17)31-38(4,35)36)33-27(26(30-28(33)37)23-9-7-8-14-29-23)21-16-18(2)32(19(21)3)24-10-5-6-11-25(24)34/h5-16,26-27,31,34H,1-4H3,(H,30,37)/t26-,27-/m1/s1. The first kappa shape index (κ1) is 25.7. The zero-order valence-corrected chi connectivity index (χ0v) is 23.1. The van der Waals surface area contributed by atoms with E-state index in [2.05, 4.69) is 26.0 Å². The van der Waals surface area contributed by atoms with Crippen LogP contribution < -0.4 is 14.9 Å². The van der Waals surface area contributed by atoms with E-state index in [1.807, 2.05) is 67.8 Å². The topological polar surface area (TPSA) is 99.5 Å². The number of phenols is 1. The second-order valence-corrected chi connectivity index (χ2v) is 11.7. The summed E-state index contributed by atoms with van der Waals surface area (Å²) in [6.45, 7) is 5.91. The molecule has 196 valence electrons. The fraction of sp³-hybridized carbons (Fsp3) is 0.214. The zero-order valence-electron chi connectivity index (χ0n) is 21.5. The summed E-state index contributed by atoms with van der Waals surface area (Å²) >= 11 is 5.87. The Kier molecular flexibility index (Phi) is 6.62. The van der Waals surface area contributed by atoms with Gasteiger partial charge in [0.15, 0.2) is 5.11 Å². The van der Waals surface area contributed by atoms with Crippen molar-refractivity contribution >= 4 is 38.7 Å². The molecule has 1 fully saturated rings. The molecule has 5 rings (SSSR count). The fourth-order valence-corrected chi connectivity index (χ4v) is 6.15. The van der Waals surface area contributed by atoms with E-state index in [9.17, 15) is 13.5 Å². The van der Waals surface area contributed by atoms with E-state index in [1.54, 1.807) is 24.4 Å². The number of nitrogens with zero attached hydrogens (tertiary/aromatic N) is 3. The molecule has 0 spiro atoms. The Morgan fingerprint density at radius 2 is 1.76 bits per heavy atom. The van der Waals surface area contributed by atoms with Crippen molar-refractivity contribution in [2.45, 2.75) is 32.9 Å². The van der Waals surface area contributed by atoms with Gasteiger partial charge in [-0.05, 0) is 92.6 Å². The first-order valence-corrected chi connectivity index (χ1v) is 14.4. The molecular formula is C28H29N5O3S2. The van der Waals surface area contributed by atoms with Crippen LogP contribution in [0.25, 0.3) is 5.69 Å². The normalized spacial score (nSPS) is 17.5. The number of nitrogens with one attached hydrogen (secondary N) is 2. The molecule has 2 atom stereocenters. The number of rotatable bonds is 6. The first-order valence-electron chi connectivity index (χ1n) is 12.1. The number of pyridine rings is 1. The van der Waals surface area contributed by atoms with Gasteiger partial charge in [0.25, 0.3) is 0 Å². The van der Waals surface area contributed by atoms with Crippen molar-refractivity contribution in [2.75, 3.05) is 15.9 Å². The van der Waals surface area contributed by atoms with Crippen molar-refractivity contribution in [3.63, 3.8) is 0 Å². The molecule has 0 amide bonds. The largest absolute Gasteiger partial charge is 0.506 e. The number of hydrogen-bond acceptors (Lipinski definition) is 5. The minimum absolute atomic E-state index is 0.198. The van der Waals surface area contributed by atoms with Crippen LogP contribution in [-0.2, 0) is 10.0 Å². The average Bonchev–Trinajstić information content (AvgIpc) is 3.36. The van der Waals surface area contributed by atoms with Gasteiger partial charge in [0, 0.05) is 23.3 Å². The fourth-order valence-electron chi connectivity index (χ4n) is 5.17. The van der Waals surface area contributed by atoms with Crippen LogP contribution >= 0.6 is 12.2 Å². The van der Waals surface area contributed by atoms with Crippen molar-refractivity contribution in [1.82, 2.24) is 14.9 Å². The molecule has 3 heterocycles. The smallest absolute Gasteiger partial charge is 0.229 e. The number of anilines is 2. The van der Waals surface area contributed by atoms with Gasteiger partial charge in [0.05, 0.1) is 35.4 Å². The van der Waals surface area contributed by atoms with Gasteiger partial charge in [0.2, 0.25) is 10.0 Å². The van der Waals surface area contributed by atoms with E-state index in [-0.39, 0.29) is 17.8 Å². The quantitative estimate of drug-likeness (QED) is 0.291. The van der Waals surface area contributed by atoms with Gasteiger partial charge in [-0.25, -0.2) is 8.42 Å². The molecule has 0 saturated carbocycles. The van der Waals surface area contributed by atoms with Crippen LogP contribution in [0.2, 0.25) is 0 Å². The van der Waals surface area contributed by atoms with Crippen molar-refractivity contribution < 1.29 is 13.5 Å². The van der Waals surface area contributed by atoms with Crippen molar-refractivity contribution in [3.8, 4) is 11.4 Å². The van der Waals surface area contributed by atoms with Gasteiger partial charge >= 0.3 is 0 Å². The lowest BCUT2D eigenvalue weighted by Crippen LogP contribution is -2.29. The number of aromatic nitrogens is 2. The lowest BCUT2D eigenvalue weighted by molar-refractivity contribution is 0.471. The molecule has 1 aliphatic rings. The molecule has 2 aromatic heterocycles. The summed E-state index contributed by atoms with van der Waals surface area (Å²) in [5.74, 6) is 0.198. The van der Waals surface area contributed by atoms with Crippen LogP contribution in [0.5, 0.6) is 5.75 Å². The minimum Gasteiger partial charge on any atom is -0.506 e. The summed E-state index contributed by atoms with van der Waals surface area (Å²) in [5, 5.41) is 14.6. The number of phenolic OH excluding ortho intramolecular Hbond substituents is 1. The van der Waals surface area contributed by atoms with Crippen LogP contribution in [0, 0.1) is 20.8 Å². The third kappa shape index (κ3) is 4.72. The van der Waals surface area contributed by atoms with Gasteiger partial charge < -0.3 is 19.9 Å². The van der Waals surface area contributed by atoms with Gasteiger partial charge in [-0.3, -0.25) is 9.71 Å². The Balaban J connectivity index is 1.66. The number of benzene rings is 2. The molecule has 4 aromatic rings. The van der Waals surface area contributed by atoms with Gasteiger partial charge in [-0.2, -0.15) is 0 Å². The van der Waals surface area contributed by atoms with Gasteiger partial charge in [-0.1, -0.05) is 18.2 Å². The Morgan fingerprint density at radius 3 is 2.42 bits per heavy atom. The molecule has 38 heavy (non-hydrogen) atoms. The van der Waals surface area contributed by atoms with Crippen LogP contribution in [0.15, 0.2) is 72.9 Å². The second kappa shape index (κ2) is 9.77. The lowest BCUT2D eigenvalue weighted by atomic mass is 9.96. The van der Waals surface area contributed by atoms with E-state index >= 15 is 0 Å².